The molecule has 1 aromatic heterocycles. The van der Waals surface area contributed by atoms with Crippen LogP contribution in [0.1, 0.15) is 42.2 Å². The summed E-state index contributed by atoms with van der Waals surface area (Å²) in [5.41, 5.74) is 0.909. The van der Waals surface area contributed by atoms with E-state index in [1.165, 1.54) is 16.4 Å². The SMILES string of the molecule is CCn1nccc1CNC(=O)c1cc(S(=O)(=O)N2CCCCC2)c(Cl)cc1Cl. The molecule has 152 valence electrons. The molecule has 1 N–H and O–H groups in total. The van der Waals surface area contributed by atoms with Gasteiger partial charge < -0.3 is 5.32 Å². The first-order chi connectivity index (χ1) is 13.3. The number of carbonyl (C=O) groups excluding carboxylic acids is 1. The van der Waals surface area contributed by atoms with Crippen LogP contribution in [0.5, 0.6) is 0 Å². The van der Waals surface area contributed by atoms with E-state index < -0.39 is 15.9 Å². The third-order valence-electron chi connectivity index (χ3n) is 4.73. The number of carbonyl (C=O) groups is 1. The van der Waals surface area contributed by atoms with Gasteiger partial charge in [-0.3, -0.25) is 9.48 Å². The summed E-state index contributed by atoms with van der Waals surface area (Å²) in [6.07, 6.45) is 4.28. The highest BCUT2D eigenvalue weighted by atomic mass is 35.5. The van der Waals surface area contributed by atoms with Gasteiger partial charge in [0.2, 0.25) is 10.0 Å². The van der Waals surface area contributed by atoms with Gasteiger partial charge in [0.15, 0.2) is 0 Å². The number of rotatable bonds is 6. The van der Waals surface area contributed by atoms with Crippen LogP contribution in [0.25, 0.3) is 0 Å². The minimum atomic E-state index is -3.79. The van der Waals surface area contributed by atoms with E-state index in [1.54, 1.807) is 16.9 Å². The number of amides is 1. The van der Waals surface area contributed by atoms with Crippen molar-refractivity contribution in [1.29, 1.82) is 0 Å². The fourth-order valence-corrected chi connectivity index (χ4v) is 5.56. The summed E-state index contributed by atoms with van der Waals surface area (Å²) >= 11 is 12.4. The molecule has 1 fully saturated rings. The molecule has 1 aliphatic heterocycles. The number of nitrogens with one attached hydrogen (secondary N) is 1. The highest BCUT2D eigenvalue weighted by Crippen LogP contribution is 2.31. The molecule has 0 saturated carbocycles. The largest absolute Gasteiger partial charge is 0.346 e. The predicted molar refractivity (Wildman–Crippen MR) is 108 cm³/mol. The molecule has 1 aliphatic rings. The van der Waals surface area contributed by atoms with Crippen LogP contribution < -0.4 is 5.32 Å². The number of aromatic nitrogens is 2. The van der Waals surface area contributed by atoms with Crippen molar-refractivity contribution in [3.05, 3.63) is 45.7 Å². The Bertz CT molecular complexity index is 969. The zero-order chi connectivity index (χ0) is 20.3. The molecule has 0 bridgehead atoms. The number of hydrogen-bond acceptors (Lipinski definition) is 4. The minimum absolute atomic E-state index is 0.0104. The molecule has 1 amide bonds. The normalized spacial score (nSPS) is 15.5. The Labute approximate surface area is 174 Å². The lowest BCUT2D eigenvalue weighted by Crippen LogP contribution is -2.36. The van der Waals surface area contributed by atoms with E-state index >= 15 is 0 Å². The topological polar surface area (TPSA) is 84.3 Å². The summed E-state index contributed by atoms with van der Waals surface area (Å²) < 4.78 is 29.1. The monoisotopic (exact) mass is 444 g/mol. The van der Waals surface area contributed by atoms with Gasteiger partial charge in [-0.2, -0.15) is 9.40 Å². The molecule has 0 spiro atoms. The van der Waals surface area contributed by atoms with E-state index in [2.05, 4.69) is 10.4 Å². The van der Waals surface area contributed by atoms with Gasteiger partial charge in [0.05, 0.1) is 27.8 Å². The first-order valence-corrected chi connectivity index (χ1v) is 11.3. The average Bonchev–Trinajstić information content (AvgIpc) is 3.14. The molecule has 2 heterocycles. The Morgan fingerprint density at radius 2 is 1.89 bits per heavy atom. The zero-order valence-electron chi connectivity index (χ0n) is 15.5. The molecule has 3 rings (SSSR count). The quantitative estimate of drug-likeness (QED) is 0.740. The molecule has 7 nitrogen and oxygen atoms in total. The fourth-order valence-electron chi connectivity index (χ4n) is 3.21. The molecule has 0 radical (unpaired) electrons. The van der Waals surface area contributed by atoms with Gasteiger partial charge in [0.25, 0.3) is 5.91 Å². The molecular formula is C18H22Cl2N4O3S. The second-order valence-corrected chi connectivity index (χ2v) is 9.27. The van der Waals surface area contributed by atoms with Gasteiger partial charge in [0.1, 0.15) is 4.90 Å². The van der Waals surface area contributed by atoms with Crippen molar-refractivity contribution in [2.24, 2.45) is 0 Å². The van der Waals surface area contributed by atoms with E-state index in [-0.39, 0.29) is 27.0 Å². The first kappa shape index (κ1) is 21.1. The highest BCUT2D eigenvalue weighted by molar-refractivity contribution is 7.89. The van der Waals surface area contributed by atoms with Crippen molar-refractivity contribution < 1.29 is 13.2 Å². The number of piperidine rings is 1. The van der Waals surface area contributed by atoms with E-state index in [0.717, 1.165) is 25.0 Å². The summed E-state index contributed by atoms with van der Waals surface area (Å²) in [5.74, 6) is -0.472. The molecule has 0 unspecified atom stereocenters. The van der Waals surface area contributed by atoms with Gasteiger partial charge >= 0.3 is 0 Å². The lowest BCUT2D eigenvalue weighted by atomic mass is 10.2. The fraction of sp³-hybridized carbons (Fsp3) is 0.444. The van der Waals surface area contributed by atoms with Gasteiger partial charge in [0, 0.05) is 25.8 Å². The molecule has 1 saturated heterocycles. The van der Waals surface area contributed by atoms with Crippen LogP contribution in [0.3, 0.4) is 0 Å². The van der Waals surface area contributed by atoms with Crippen molar-refractivity contribution in [3.8, 4) is 0 Å². The second kappa shape index (κ2) is 8.82. The summed E-state index contributed by atoms with van der Waals surface area (Å²) in [5, 5.41) is 7.02. The van der Waals surface area contributed by atoms with Crippen LogP contribution in [0.4, 0.5) is 0 Å². The van der Waals surface area contributed by atoms with Crippen LogP contribution in [0.15, 0.2) is 29.3 Å². The van der Waals surface area contributed by atoms with Crippen molar-refractivity contribution in [2.45, 2.75) is 44.2 Å². The Balaban J connectivity index is 1.85. The second-order valence-electron chi connectivity index (χ2n) is 6.55. The number of sulfonamides is 1. The van der Waals surface area contributed by atoms with Crippen LogP contribution in [-0.2, 0) is 23.1 Å². The van der Waals surface area contributed by atoms with Crippen molar-refractivity contribution in [1.82, 2.24) is 19.4 Å². The van der Waals surface area contributed by atoms with Crippen molar-refractivity contribution >= 4 is 39.1 Å². The Morgan fingerprint density at radius 3 is 2.57 bits per heavy atom. The molecule has 2 aromatic rings. The summed E-state index contributed by atoms with van der Waals surface area (Å²) in [6, 6.07) is 4.38. The Hall–Kier alpha value is -1.61. The highest BCUT2D eigenvalue weighted by Gasteiger charge is 2.29. The van der Waals surface area contributed by atoms with Gasteiger partial charge in [-0.15, -0.1) is 0 Å². The average molecular weight is 445 g/mol. The van der Waals surface area contributed by atoms with E-state index in [4.69, 9.17) is 23.2 Å². The maximum atomic E-state index is 13.0. The van der Waals surface area contributed by atoms with Crippen LogP contribution in [0.2, 0.25) is 10.0 Å². The number of nitrogens with zero attached hydrogens (tertiary/aromatic N) is 3. The number of hydrogen-bond donors (Lipinski definition) is 1. The summed E-state index contributed by atoms with van der Waals surface area (Å²) in [4.78, 5) is 12.6. The van der Waals surface area contributed by atoms with Gasteiger partial charge in [-0.05, 0) is 38.0 Å². The van der Waals surface area contributed by atoms with Crippen LogP contribution >= 0.6 is 23.2 Å². The Kier molecular flexibility index (Phi) is 6.65. The number of halogens is 2. The van der Waals surface area contributed by atoms with Gasteiger partial charge in [-0.1, -0.05) is 29.6 Å². The Morgan fingerprint density at radius 1 is 1.18 bits per heavy atom. The summed E-state index contributed by atoms with van der Waals surface area (Å²) in [7, 11) is -3.79. The number of aryl methyl sites for hydroxylation is 1. The third-order valence-corrected chi connectivity index (χ3v) is 7.41. The third kappa shape index (κ3) is 4.35. The van der Waals surface area contributed by atoms with E-state index in [0.29, 0.717) is 19.6 Å². The van der Waals surface area contributed by atoms with Crippen molar-refractivity contribution in [2.75, 3.05) is 13.1 Å². The molecule has 0 aliphatic carbocycles. The molecule has 0 atom stereocenters. The number of benzene rings is 1. The smallest absolute Gasteiger partial charge is 0.253 e. The molecular weight excluding hydrogens is 423 g/mol. The van der Waals surface area contributed by atoms with Crippen molar-refractivity contribution in [3.63, 3.8) is 0 Å². The standard InChI is InChI=1S/C18H22Cl2N4O3S/c1-2-24-13(6-7-22-24)12-21-18(25)14-10-17(16(20)11-15(14)19)28(26,27)23-8-4-3-5-9-23/h6-7,10-11H,2-5,8-9,12H2,1H3,(H,21,25). The summed E-state index contributed by atoms with van der Waals surface area (Å²) in [6.45, 7) is 3.78. The van der Waals surface area contributed by atoms with E-state index in [9.17, 15) is 13.2 Å². The van der Waals surface area contributed by atoms with Crippen LogP contribution in [-0.4, -0.2) is 41.5 Å². The minimum Gasteiger partial charge on any atom is -0.346 e. The first-order valence-electron chi connectivity index (χ1n) is 9.12. The molecule has 28 heavy (non-hydrogen) atoms. The zero-order valence-corrected chi connectivity index (χ0v) is 17.8. The maximum absolute atomic E-state index is 13.0. The molecule has 10 heteroatoms. The lowest BCUT2D eigenvalue weighted by molar-refractivity contribution is 0.0950. The van der Waals surface area contributed by atoms with Crippen LogP contribution in [0, 0.1) is 0 Å². The molecule has 1 aromatic carbocycles. The van der Waals surface area contributed by atoms with Gasteiger partial charge in [-0.25, -0.2) is 8.42 Å². The van der Waals surface area contributed by atoms with E-state index in [1.807, 2.05) is 6.92 Å². The lowest BCUT2D eigenvalue weighted by Gasteiger charge is -2.26. The maximum Gasteiger partial charge on any atom is 0.253 e. The predicted octanol–water partition coefficient (Wildman–Crippen LogP) is 3.31.